The van der Waals surface area contributed by atoms with E-state index < -0.39 is 6.04 Å². The summed E-state index contributed by atoms with van der Waals surface area (Å²) in [5.41, 5.74) is 0.477. The van der Waals surface area contributed by atoms with Gasteiger partial charge in [-0.2, -0.15) is 0 Å². The van der Waals surface area contributed by atoms with Crippen LogP contribution in [-0.4, -0.2) is 54.1 Å². The molecule has 1 N–H and O–H groups in total. The van der Waals surface area contributed by atoms with Crippen LogP contribution in [-0.2, 0) is 9.53 Å². The number of ether oxygens (including phenoxy) is 1. The van der Waals surface area contributed by atoms with E-state index in [2.05, 4.69) is 5.32 Å². The van der Waals surface area contributed by atoms with E-state index in [0.29, 0.717) is 35.4 Å². The van der Waals surface area contributed by atoms with Crippen molar-refractivity contribution in [3.63, 3.8) is 0 Å². The molecule has 3 rings (SSSR count). The lowest BCUT2D eigenvalue weighted by Gasteiger charge is -2.35. The smallest absolute Gasteiger partial charge is 0.256 e. The van der Waals surface area contributed by atoms with Gasteiger partial charge in [-0.1, -0.05) is 43.0 Å². The summed E-state index contributed by atoms with van der Waals surface area (Å²) in [6.07, 6.45) is 6.65. The third kappa shape index (κ3) is 5.02. The topological polar surface area (TPSA) is 58.6 Å². The lowest BCUT2D eigenvalue weighted by molar-refractivity contribution is -0.125. The Morgan fingerprint density at radius 1 is 1.25 bits per heavy atom. The molecule has 1 aliphatic heterocycles. The SMILES string of the molecule is COCCCNC(=O)[C@H]1CS[C@H](C2CCCCC2)N1C(=O)c1ccccc1Cl. The molecule has 2 fully saturated rings. The Hall–Kier alpha value is -1.24. The first-order chi connectivity index (χ1) is 13.6. The van der Waals surface area contributed by atoms with Gasteiger partial charge in [0.25, 0.3) is 5.91 Å². The van der Waals surface area contributed by atoms with Crippen LogP contribution >= 0.6 is 23.4 Å². The minimum atomic E-state index is -0.455. The first-order valence-electron chi connectivity index (χ1n) is 10.1. The average molecular weight is 425 g/mol. The van der Waals surface area contributed by atoms with E-state index in [-0.39, 0.29) is 17.2 Å². The van der Waals surface area contributed by atoms with Crippen molar-refractivity contribution in [3.8, 4) is 0 Å². The Kier molecular flexibility index (Phi) is 8.06. The van der Waals surface area contributed by atoms with Crippen LogP contribution in [0, 0.1) is 5.92 Å². The molecule has 0 spiro atoms. The highest BCUT2D eigenvalue weighted by Crippen LogP contribution is 2.41. The summed E-state index contributed by atoms with van der Waals surface area (Å²) in [6, 6.07) is 6.66. The number of thioether (sulfide) groups is 1. The van der Waals surface area contributed by atoms with Gasteiger partial charge in [-0.25, -0.2) is 0 Å². The fourth-order valence-electron chi connectivity index (χ4n) is 4.09. The fraction of sp³-hybridized carbons (Fsp3) is 0.619. The normalized spacial score (nSPS) is 23.0. The van der Waals surface area contributed by atoms with Crippen LogP contribution < -0.4 is 5.32 Å². The predicted octanol–water partition coefficient (Wildman–Crippen LogP) is 3.96. The fourth-order valence-corrected chi connectivity index (χ4v) is 5.94. The van der Waals surface area contributed by atoms with Gasteiger partial charge in [0.05, 0.1) is 16.0 Å². The number of hydrogen-bond acceptors (Lipinski definition) is 4. The minimum absolute atomic E-state index is 0.0406. The molecule has 1 heterocycles. The zero-order valence-electron chi connectivity index (χ0n) is 16.4. The van der Waals surface area contributed by atoms with Crippen LogP contribution in [0.1, 0.15) is 48.9 Å². The van der Waals surface area contributed by atoms with Gasteiger partial charge in [-0.05, 0) is 37.3 Å². The maximum absolute atomic E-state index is 13.4. The van der Waals surface area contributed by atoms with E-state index in [4.69, 9.17) is 16.3 Å². The highest BCUT2D eigenvalue weighted by Gasteiger charge is 2.45. The molecule has 0 bridgehead atoms. The molecule has 2 aliphatic rings. The van der Waals surface area contributed by atoms with E-state index in [1.54, 1.807) is 31.0 Å². The molecule has 0 unspecified atom stereocenters. The van der Waals surface area contributed by atoms with Gasteiger partial charge in [0, 0.05) is 26.0 Å². The van der Waals surface area contributed by atoms with E-state index in [9.17, 15) is 9.59 Å². The van der Waals surface area contributed by atoms with Crippen molar-refractivity contribution in [1.82, 2.24) is 10.2 Å². The van der Waals surface area contributed by atoms with E-state index >= 15 is 0 Å². The van der Waals surface area contributed by atoms with Crippen molar-refractivity contribution in [3.05, 3.63) is 34.9 Å². The standard InChI is InChI=1S/C21H29ClN2O3S/c1-27-13-7-12-23-19(25)18-14-28-21(15-8-3-2-4-9-15)24(18)20(26)16-10-5-6-11-17(16)22/h5-6,10-11,15,18,21H,2-4,7-9,12-14H2,1H3,(H,23,25)/t18-,21-/m1/s1. The molecule has 2 atom stereocenters. The maximum atomic E-state index is 13.4. The first-order valence-corrected chi connectivity index (χ1v) is 11.5. The number of carbonyl (C=O) groups excluding carboxylic acids is 2. The average Bonchev–Trinajstić information content (AvgIpc) is 3.17. The van der Waals surface area contributed by atoms with Crippen molar-refractivity contribution in [1.29, 1.82) is 0 Å². The second-order valence-electron chi connectivity index (χ2n) is 7.47. The molecule has 1 saturated carbocycles. The Balaban J connectivity index is 1.79. The third-order valence-electron chi connectivity index (χ3n) is 5.55. The lowest BCUT2D eigenvalue weighted by atomic mass is 9.88. The molecule has 7 heteroatoms. The van der Waals surface area contributed by atoms with Crippen LogP contribution in [0.5, 0.6) is 0 Å². The maximum Gasteiger partial charge on any atom is 0.256 e. The quantitative estimate of drug-likeness (QED) is 0.673. The largest absolute Gasteiger partial charge is 0.385 e. The number of nitrogens with zero attached hydrogens (tertiary/aromatic N) is 1. The Morgan fingerprint density at radius 2 is 2.00 bits per heavy atom. The molecule has 28 heavy (non-hydrogen) atoms. The Bertz CT molecular complexity index is 681. The van der Waals surface area contributed by atoms with Gasteiger partial charge in [0.1, 0.15) is 6.04 Å². The van der Waals surface area contributed by atoms with Crippen LogP contribution in [0.3, 0.4) is 0 Å². The van der Waals surface area contributed by atoms with Crippen LogP contribution in [0.25, 0.3) is 0 Å². The molecule has 1 aromatic rings. The number of amides is 2. The molecule has 0 radical (unpaired) electrons. The molecule has 1 aliphatic carbocycles. The van der Waals surface area contributed by atoms with E-state index in [0.717, 1.165) is 19.3 Å². The number of hydrogen-bond donors (Lipinski definition) is 1. The van der Waals surface area contributed by atoms with Gasteiger partial charge in [0.2, 0.25) is 5.91 Å². The zero-order valence-corrected chi connectivity index (χ0v) is 17.9. The molecular weight excluding hydrogens is 396 g/mol. The summed E-state index contributed by atoms with van der Waals surface area (Å²) < 4.78 is 5.04. The third-order valence-corrected chi connectivity index (χ3v) is 7.35. The molecule has 1 aromatic carbocycles. The summed E-state index contributed by atoms with van der Waals surface area (Å²) in [7, 11) is 1.65. The highest BCUT2D eigenvalue weighted by molar-refractivity contribution is 8.00. The number of benzene rings is 1. The van der Waals surface area contributed by atoms with Gasteiger partial charge in [0.15, 0.2) is 0 Å². The molecule has 2 amide bonds. The predicted molar refractivity (Wildman–Crippen MR) is 114 cm³/mol. The Morgan fingerprint density at radius 3 is 2.71 bits per heavy atom. The molecule has 1 saturated heterocycles. The molecule has 0 aromatic heterocycles. The summed E-state index contributed by atoms with van der Waals surface area (Å²) in [5.74, 6) is 0.856. The second-order valence-corrected chi connectivity index (χ2v) is 9.02. The number of rotatable bonds is 7. The highest BCUT2D eigenvalue weighted by atomic mass is 35.5. The lowest BCUT2D eigenvalue weighted by Crippen LogP contribution is -2.51. The van der Waals surface area contributed by atoms with Crippen molar-refractivity contribution in [2.75, 3.05) is 26.0 Å². The second kappa shape index (κ2) is 10.5. The van der Waals surface area contributed by atoms with Crippen molar-refractivity contribution in [2.24, 2.45) is 5.92 Å². The monoisotopic (exact) mass is 424 g/mol. The summed E-state index contributed by atoms with van der Waals surface area (Å²) in [6.45, 7) is 1.16. The molecule has 154 valence electrons. The van der Waals surface area contributed by atoms with E-state index in [1.807, 2.05) is 17.0 Å². The van der Waals surface area contributed by atoms with Gasteiger partial charge < -0.3 is 15.0 Å². The number of halogens is 1. The van der Waals surface area contributed by atoms with Crippen LogP contribution in [0.2, 0.25) is 5.02 Å². The van der Waals surface area contributed by atoms with Crippen molar-refractivity contribution >= 4 is 35.2 Å². The summed E-state index contributed by atoms with van der Waals surface area (Å²) in [4.78, 5) is 28.1. The van der Waals surface area contributed by atoms with Crippen molar-refractivity contribution in [2.45, 2.75) is 49.9 Å². The number of methoxy groups -OCH3 is 1. The minimum Gasteiger partial charge on any atom is -0.385 e. The number of nitrogens with one attached hydrogen (secondary N) is 1. The number of carbonyl (C=O) groups is 2. The van der Waals surface area contributed by atoms with Gasteiger partial charge in [-0.3, -0.25) is 9.59 Å². The van der Waals surface area contributed by atoms with Crippen LogP contribution in [0.4, 0.5) is 0 Å². The Labute approximate surface area is 176 Å². The van der Waals surface area contributed by atoms with Gasteiger partial charge in [-0.15, -0.1) is 11.8 Å². The zero-order chi connectivity index (χ0) is 19.9. The molecule has 5 nitrogen and oxygen atoms in total. The summed E-state index contributed by atoms with van der Waals surface area (Å²) >= 11 is 8.05. The van der Waals surface area contributed by atoms with Crippen molar-refractivity contribution < 1.29 is 14.3 Å². The van der Waals surface area contributed by atoms with Gasteiger partial charge >= 0.3 is 0 Å². The first kappa shape index (κ1) is 21.5. The summed E-state index contributed by atoms with van der Waals surface area (Å²) in [5, 5.41) is 3.45. The van der Waals surface area contributed by atoms with E-state index in [1.165, 1.54) is 19.3 Å². The van der Waals surface area contributed by atoms with Crippen LogP contribution in [0.15, 0.2) is 24.3 Å². The molecular formula is C21H29ClN2O3S.